The summed E-state index contributed by atoms with van der Waals surface area (Å²) in [7, 11) is 0. The molecule has 0 aliphatic rings. The van der Waals surface area contributed by atoms with Crippen molar-refractivity contribution in [3.05, 3.63) is 0 Å². The van der Waals surface area contributed by atoms with Gasteiger partial charge in [-0.1, -0.05) is 0 Å². The number of carboxylic acids is 1. The Balaban J connectivity index is 3.21. The van der Waals surface area contributed by atoms with Crippen molar-refractivity contribution in [2.45, 2.75) is 32.2 Å². The van der Waals surface area contributed by atoms with Crippen molar-refractivity contribution in [1.29, 1.82) is 5.26 Å². The van der Waals surface area contributed by atoms with Crippen LogP contribution in [0.3, 0.4) is 0 Å². The summed E-state index contributed by atoms with van der Waals surface area (Å²) in [5, 5.41) is 19.5. The molecule has 1 atom stereocenters. The number of carbonyl (C=O) groups is 1. The van der Waals surface area contributed by atoms with E-state index in [-0.39, 0.29) is 0 Å². The highest BCUT2D eigenvalue weighted by atomic mass is 16.4. The van der Waals surface area contributed by atoms with E-state index in [1.165, 1.54) is 0 Å². The molecule has 0 aromatic carbocycles. The van der Waals surface area contributed by atoms with Gasteiger partial charge in [-0.3, -0.25) is 4.79 Å². The molecule has 68 valence electrons. The second-order valence-corrected chi connectivity index (χ2v) is 2.63. The second-order valence-electron chi connectivity index (χ2n) is 2.63. The molecule has 0 rings (SSSR count). The van der Waals surface area contributed by atoms with E-state index in [0.717, 1.165) is 12.8 Å². The van der Waals surface area contributed by atoms with E-state index in [2.05, 4.69) is 5.32 Å². The minimum Gasteiger partial charge on any atom is -0.480 e. The average molecular weight is 170 g/mol. The summed E-state index contributed by atoms with van der Waals surface area (Å²) in [6.45, 7) is 2.27. The highest BCUT2D eigenvalue weighted by molar-refractivity contribution is 5.72. The molecule has 0 aliphatic heterocycles. The number of rotatable bonds is 6. The lowest BCUT2D eigenvalue weighted by Crippen LogP contribution is -2.34. The lowest BCUT2D eigenvalue weighted by molar-refractivity contribution is -0.138. The molecule has 0 saturated heterocycles. The molecule has 12 heavy (non-hydrogen) atoms. The molecule has 0 radical (unpaired) electrons. The first-order chi connectivity index (χ1) is 5.68. The largest absolute Gasteiger partial charge is 0.480 e. The van der Waals surface area contributed by atoms with Gasteiger partial charge in [0.1, 0.15) is 6.04 Å². The summed E-state index contributed by atoms with van der Waals surface area (Å²) in [6.07, 6.45) is 2.23. The van der Waals surface area contributed by atoms with Gasteiger partial charge in [0.25, 0.3) is 0 Å². The third kappa shape index (κ3) is 5.69. The molecule has 0 heterocycles. The molecule has 2 N–H and O–H groups in total. The third-order valence-electron chi connectivity index (χ3n) is 1.54. The summed E-state index contributed by atoms with van der Waals surface area (Å²) in [5.74, 6) is -0.838. The van der Waals surface area contributed by atoms with Crippen molar-refractivity contribution in [2.75, 3.05) is 6.54 Å². The van der Waals surface area contributed by atoms with Gasteiger partial charge in [-0.05, 0) is 26.3 Å². The predicted octanol–water partition coefficient (Wildman–Crippen LogP) is 0.743. The van der Waals surface area contributed by atoms with Crippen molar-refractivity contribution >= 4 is 5.97 Å². The van der Waals surface area contributed by atoms with Gasteiger partial charge >= 0.3 is 5.97 Å². The van der Waals surface area contributed by atoms with E-state index < -0.39 is 12.0 Å². The van der Waals surface area contributed by atoms with Crippen molar-refractivity contribution in [2.24, 2.45) is 0 Å². The topological polar surface area (TPSA) is 73.1 Å². The van der Waals surface area contributed by atoms with Gasteiger partial charge in [0.15, 0.2) is 0 Å². The minimum atomic E-state index is -0.838. The van der Waals surface area contributed by atoms with Gasteiger partial charge in [0.05, 0.1) is 6.07 Å². The maximum absolute atomic E-state index is 10.3. The Morgan fingerprint density at radius 1 is 1.67 bits per heavy atom. The number of hydrogen-bond acceptors (Lipinski definition) is 3. The summed E-state index contributed by atoms with van der Waals surface area (Å²) >= 11 is 0. The summed E-state index contributed by atoms with van der Waals surface area (Å²) in [6, 6.07) is 1.54. The Hall–Kier alpha value is -1.08. The van der Waals surface area contributed by atoms with Crippen LogP contribution in [0.2, 0.25) is 0 Å². The van der Waals surface area contributed by atoms with Crippen LogP contribution in [-0.2, 0) is 4.79 Å². The van der Waals surface area contributed by atoms with Crippen LogP contribution < -0.4 is 5.32 Å². The zero-order valence-corrected chi connectivity index (χ0v) is 7.21. The van der Waals surface area contributed by atoms with E-state index in [4.69, 9.17) is 10.4 Å². The lowest BCUT2D eigenvalue weighted by Gasteiger charge is -2.07. The quantitative estimate of drug-likeness (QED) is 0.577. The summed E-state index contributed by atoms with van der Waals surface area (Å²) in [5.41, 5.74) is 0. The molecule has 0 aromatic rings. The average Bonchev–Trinajstić information content (AvgIpc) is 2.03. The lowest BCUT2D eigenvalue weighted by atomic mass is 10.2. The fraction of sp³-hybridized carbons (Fsp3) is 0.750. The standard InChI is InChI=1S/C8H14N2O2/c1-7(8(11)12)10-6-4-2-3-5-9/h7,10H,2-4,6H2,1H3,(H,11,12)/t7-/m1/s1. The Bertz CT molecular complexity index is 174. The fourth-order valence-corrected chi connectivity index (χ4v) is 0.735. The van der Waals surface area contributed by atoms with Crippen LogP contribution in [0.1, 0.15) is 26.2 Å². The van der Waals surface area contributed by atoms with E-state index in [9.17, 15) is 4.79 Å². The number of carboxylic acid groups (broad SMARTS) is 1. The maximum atomic E-state index is 10.3. The Labute approximate surface area is 72.2 Å². The normalized spacial score (nSPS) is 12.0. The highest BCUT2D eigenvalue weighted by Crippen LogP contribution is 1.92. The van der Waals surface area contributed by atoms with Crippen molar-refractivity contribution in [3.8, 4) is 6.07 Å². The van der Waals surface area contributed by atoms with Crippen molar-refractivity contribution < 1.29 is 9.90 Å². The molecular weight excluding hydrogens is 156 g/mol. The Kier molecular flexibility index (Phi) is 6.02. The van der Waals surface area contributed by atoms with Gasteiger partial charge < -0.3 is 10.4 Å². The molecule has 0 aromatic heterocycles. The van der Waals surface area contributed by atoms with Crippen LogP contribution in [0, 0.1) is 11.3 Å². The molecule has 4 heteroatoms. The molecule has 0 spiro atoms. The first-order valence-electron chi connectivity index (χ1n) is 4.01. The van der Waals surface area contributed by atoms with Gasteiger partial charge in [0.2, 0.25) is 0 Å². The number of nitrogens with one attached hydrogen (secondary N) is 1. The summed E-state index contributed by atoms with van der Waals surface area (Å²) < 4.78 is 0. The first-order valence-corrected chi connectivity index (χ1v) is 4.01. The SMILES string of the molecule is C[C@@H](NCCCCC#N)C(=O)O. The Morgan fingerprint density at radius 2 is 2.33 bits per heavy atom. The minimum absolute atomic E-state index is 0.493. The second kappa shape index (κ2) is 6.62. The van der Waals surface area contributed by atoms with Crippen molar-refractivity contribution in [3.63, 3.8) is 0 Å². The van der Waals surface area contributed by atoms with Crippen LogP contribution >= 0.6 is 0 Å². The first kappa shape index (κ1) is 10.9. The van der Waals surface area contributed by atoms with E-state index in [1.54, 1.807) is 6.92 Å². The monoisotopic (exact) mass is 170 g/mol. The molecule has 0 amide bonds. The molecule has 4 nitrogen and oxygen atoms in total. The summed E-state index contributed by atoms with van der Waals surface area (Å²) in [4.78, 5) is 10.3. The van der Waals surface area contributed by atoms with Crippen LogP contribution in [0.5, 0.6) is 0 Å². The van der Waals surface area contributed by atoms with E-state index in [1.807, 2.05) is 6.07 Å². The van der Waals surface area contributed by atoms with Gasteiger partial charge in [-0.25, -0.2) is 0 Å². The van der Waals surface area contributed by atoms with Crippen LogP contribution in [0.15, 0.2) is 0 Å². The van der Waals surface area contributed by atoms with Gasteiger partial charge in [0, 0.05) is 6.42 Å². The highest BCUT2D eigenvalue weighted by Gasteiger charge is 2.07. The Morgan fingerprint density at radius 3 is 2.83 bits per heavy atom. The molecular formula is C8H14N2O2. The number of unbranched alkanes of at least 4 members (excludes halogenated alkanes) is 2. The zero-order valence-electron chi connectivity index (χ0n) is 7.21. The number of hydrogen-bond donors (Lipinski definition) is 2. The smallest absolute Gasteiger partial charge is 0.320 e. The molecule has 0 fully saturated rings. The molecule has 0 bridgehead atoms. The number of nitriles is 1. The zero-order chi connectivity index (χ0) is 9.40. The van der Waals surface area contributed by atoms with E-state index in [0.29, 0.717) is 13.0 Å². The molecule has 0 saturated carbocycles. The molecule has 0 unspecified atom stereocenters. The molecule has 0 aliphatic carbocycles. The maximum Gasteiger partial charge on any atom is 0.320 e. The van der Waals surface area contributed by atoms with Crippen molar-refractivity contribution in [1.82, 2.24) is 5.32 Å². The number of aliphatic carboxylic acids is 1. The van der Waals surface area contributed by atoms with Gasteiger partial charge in [-0.15, -0.1) is 0 Å². The van der Waals surface area contributed by atoms with Crippen LogP contribution in [-0.4, -0.2) is 23.7 Å². The van der Waals surface area contributed by atoms with Gasteiger partial charge in [-0.2, -0.15) is 5.26 Å². The predicted molar refractivity (Wildman–Crippen MR) is 44.6 cm³/mol. The fourth-order valence-electron chi connectivity index (χ4n) is 0.735. The van der Waals surface area contributed by atoms with Crippen LogP contribution in [0.25, 0.3) is 0 Å². The third-order valence-corrected chi connectivity index (χ3v) is 1.54. The van der Waals surface area contributed by atoms with E-state index >= 15 is 0 Å². The van der Waals surface area contributed by atoms with Crippen LogP contribution in [0.4, 0.5) is 0 Å². The number of nitrogens with zero attached hydrogens (tertiary/aromatic N) is 1.